The van der Waals surface area contributed by atoms with E-state index < -0.39 is 0 Å². The Labute approximate surface area is 82.6 Å². The first kappa shape index (κ1) is 10.8. The lowest BCUT2D eigenvalue weighted by Gasteiger charge is -2.24. The quantitative estimate of drug-likeness (QED) is 0.657. The summed E-state index contributed by atoms with van der Waals surface area (Å²) in [7, 11) is 0. The van der Waals surface area contributed by atoms with E-state index in [9.17, 15) is 0 Å². The Hall–Kier alpha value is -0.300. The molecule has 0 aromatic rings. The minimum atomic E-state index is 0.752. The van der Waals surface area contributed by atoms with Crippen LogP contribution in [0.3, 0.4) is 0 Å². The van der Waals surface area contributed by atoms with Gasteiger partial charge in [0.2, 0.25) is 0 Å². The van der Waals surface area contributed by atoms with Crippen LogP contribution in [0.2, 0.25) is 0 Å². The van der Waals surface area contributed by atoms with Crippen LogP contribution < -0.4 is 5.32 Å². The van der Waals surface area contributed by atoms with E-state index in [2.05, 4.69) is 32.2 Å². The molecule has 0 amide bonds. The second kappa shape index (κ2) is 5.43. The normalized spacial score (nSPS) is 23.4. The van der Waals surface area contributed by atoms with Crippen LogP contribution in [-0.4, -0.2) is 12.6 Å². The molecule has 0 aliphatic heterocycles. The first-order valence-corrected chi connectivity index (χ1v) is 5.66. The topological polar surface area (TPSA) is 12.0 Å². The fourth-order valence-electron chi connectivity index (χ4n) is 1.91. The van der Waals surface area contributed by atoms with Gasteiger partial charge >= 0.3 is 0 Å². The summed E-state index contributed by atoms with van der Waals surface area (Å²) in [6.07, 6.45) is 7.58. The molecule has 13 heavy (non-hydrogen) atoms. The van der Waals surface area contributed by atoms with Gasteiger partial charge in [-0.3, -0.25) is 0 Å². The molecule has 0 aromatic heterocycles. The van der Waals surface area contributed by atoms with Crippen molar-refractivity contribution in [3.05, 3.63) is 11.6 Å². The molecule has 1 N–H and O–H groups in total. The summed E-state index contributed by atoms with van der Waals surface area (Å²) >= 11 is 0. The molecule has 1 heteroatoms. The average Bonchev–Trinajstić information content (AvgIpc) is 2.15. The van der Waals surface area contributed by atoms with E-state index in [4.69, 9.17) is 0 Å². The van der Waals surface area contributed by atoms with Crippen molar-refractivity contribution in [1.82, 2.24) is 5.32 Å². The molecule has 0 radical (unpaired) electrons. The molecule has 1 nitrogen and oxygen atoms in total. The van der Waals surface area contributed by atoms with Crippen molar-refractivity contribution in [2.45, 2.75) is 52.5 Å². The number of allylic oxidation sites excluding steroid dienone is 1. The summed E-state index contributed by atoms with van der Waals surface area (Å²) in [5.74, 6) is 0.757. The summed E-state index contributed by atoms with van der Waals surface area (Å²) < 4.78 is 0. The fourth-order valence-corrected chi connectivity index (χ4v) is 1.91. The lowest BCUT2D eigenvalue weighted by molar-refractivity contribution is 0.454. The van der Waals surface area contributed by atoms with Crippen molar-refractivity contribution in [3.8, 4) is 0 Å². The van der Waals surface area contributed by atoms with Gasteiger partial charge in [0, 0.05) is 6.04 Å². The second-order valence-electron chi connectivity index (χ2n) is 4.36. The Balaban J connectivity index is 2.29. The first-order chi connectivity index (χ1) is 6.24. The van der Waals surface area contributed by atoms with Gasteiger partial charge < -0.3 is 5.32 Å². The van der Waals surface area contributed by atoms with Crippen LogP contribution in [0.5, 0.6) is 0 Å². The highest BCUT2D eigenvalue weighted by atomic mass is 14.9. The molecule has 0 saturated heterocycles. The van der Waals surface area contributed by atoms with Crippen LogP contribution in [0.25, 0.3) is 0 Å². The third-order valence-electron chi connectivity index (χ3n) is 2.87. The van der Waals surface area contributed by atoms with E-state index in [1.54, 1.807) is 5.57 Å². The van der Waals surface area contributed by atoms with Crippen molar-refractivity contribution in [2.75, 3.05) is 6.54 Å². The molecule has 0 spiro atoms. The minimum Gasteiger partial charge on any atom is -0.314 e. The predicted molar refractivity (Wildman–Crippen MR) is 58.9 cm³/mol. The molecule has 76 valence electrons. The predicted octanol–water partition coefficient (Wildman–Crippen LogP) is 3.12. The van der Waals surface area contributed by atoms with Crippen molar-refractivity contribution >= 4 is 0 Å². The molecule has 0 heterocycles. The van der Waals surface area contributed by atoms with Crippen molar-refractivity contribution < 1.29 is 0 Å². The number of hydrogen-bond acceptors (Lipinski definition) is 1. The zero-order chi connectivity index (χ0) is 9.68. The summed E-state index contributed by atoms with van der Waals surface area (Å²) in [6, 6.07) is 0.752. The van der Waals surface area contributed by atoms with Crippen LogP contribution in [-0.2, 0) is 0 Å². The third kappa shape index (κ3) is 3.51. The SMILES string of the molecule is CCCNC1CC=C(C(C)C)CC1. The van der Waals surface area contributed by atoms with Gasteiger partial charge in [-0.25, -0.2) is 0 Å². The molecule has 1 aliphatic rings. The summed E-state index contributed by atoms with van der Waals surface area (Å²) in [5.41, 5.74) is 1.66. The molecular formula is C12H23N. The summed E-state index contributed by atoms with van der Waals surface area (Å²) in [5, 5.41) is 3.59. The maximum Gasteiger partial charge on any atom is 0.0105 e. The molecule has 0 saturated carbocycles. The molecule has 0 bridgehead atoms. The van der Waals surface area contributed by atoms with E-state index >= 15 is 0 Å². The molecule has 1 rings (SSSR count). The lowest BCUT2D eigenvalue weighted by Crippen LogP contribution is -2.31. The summed E-state index contributed by atoms with van der Waals surface area (Å²) in [4.78, 5) is 0. The molecule has 0 fully saturated rings. The maximum atomic E-state index is 3.59. The minimum absolute atomic E-state index is 0.752. The highest BCUT2D eigenvalue weighted by Crippen LogP contribution is 2.23. The Kier molecular flexibility index (Phi) is 4.51. The number of rotatable bonds is 4. The number of nitrogens with one attached hydrogen (secondary N) is 1. The van der Waals surface area contributed by atoms with E-state index in [1.807, 2.05) is 0 Å². The standard InChI is InChI=1S/C12H23N/c1-4-9-13-12-7-5-11(6-8-12)10(2)3/h5,10,12-13H,4,6-9H2,1-3H3. The van der Waals surface area contributed by atoms with E-state index in [1.165, 1.54) is 32.2 Å². The monoisotopic (exact) mass is 181 g/mol. The van der Waals surface area contributed by atoms with Crippen LogP contribution in [0.15, 0.2) is 11.6 Å². The van der Waals surface area contributed by atoms with Crippen LogP contribution >= 0.6 is 0 Å². The van der Waals surface area contributed by atoms with Gasteiger partial charge in [0.05, 0.1) is 0 Å². The Morgan fingerprint density at radius 2 is 2.31 bits per heavy atom. The largest absolute Gasteiger partial charge is 0.314 e. The fraction of sp³-hybridized carbons (Fsp3) is 0.833. The zero-order valence-electron chi connectivity index (χ0n) is 9.27. The zero-order valence-corrected chi connectivity index (χ0v) is 9.27. The van der Waals surface area contributed by atoms with Gasteiger partial charge in [0.15, 0.2) is 0 Å². The van der Waals surface area contributed by atoms with Gasteiger partial charge in [-0.2, -0.15) is 0 Å². The summed E-state index contributed by atoms with van der Waals surface area (Å²) in [6.45, 7) is 8.00. The number of hydrogen-bond donors (Lipinski definition) is 1. The first-order valence-electron chi connectivity index (χ1n) is 5.66. The maximum absolute atomic E-state index is 3.59. The van der Waals surface area contributed by atoms with Gasteiger partial charge in [-0.05, 0) is 38.1 Å². The van der Waals surface area contributed by atoms with E-state index in [0.717, 1.165) is 12.0 Å². The third-order valence-corrected chi connectivity index (χ3v) is 2.87. The highest BCUT2D eigenvalue weighted by molar-refractivity contribution is 5.09. The van der Waals surface area contributed by atoms with E-state index in [-0.39, 0.29) is 0 Å². The molecule has 1 atom stereocenters. The Morgan fingerprint density at radius 1 is 1.54 bits per heavy atom. The van der Waals surface area contributed by atoms with Crippen molar-refractivity contribution in [3.63, 3.8) is 0 Å². The van der Waals surface area contributed by atoms with Crippen LogP contribution in [0.4, 0.5) is 0 Å². The van der Waals surface area contributed by atoms with Gasteiger partial charge in [-0.1, -0.05) is 32.4 Å². The Morgan fingerprint density at radius 3 is 2.77 bits per heavy atom. The molecule has 1 aliphatic carbocycles. The van der Waals surface area contributed by atoms with Gasteiger partial charge in [0.25, 0.3) is 0 Å². The van der Waals surface area contributed by atoms with Gasteiger partial charge in [0.1, 0.15) is 0 Å². The lowest BCUT2D eigenvalue weighted by atomic mass is 9.89. The highest BCUT2D eigenvalue weighted by Gasteiger charge is 2.14. The van der Waals surface area contributed by atoms with Gasteiger partial charge in [-0.15, -0.1) is 0 Å². The van der Waals surface area contributed by atoms with Crippen molar-refractivity contribution in [1.29, 1.82) is 0 Å². The van der Waals surface area contributed by atoms with Crippen LogP contribution in [0.1, 0.15) is 46.5 Å². The Bertz CT molecular complexity index is 170. The second-order valence-corrected chi connectivity index (χ2v) is 4.36. The molecule has 1 unspecified atom stereocenters. The van der Waals surface area contributed by atoms with Crippen LogP contribution in [0, 0.1) is 5.92 Å². The average molecular weight is 181 g/mol. The smallest absolute Gasteiger partial charge is 0.0105 e. The van der Waals surface area contributed by atoms with E-state index in [0.29, 0.717) is 0 Å². The van der Waals surface area contributed by atoms with Crippen molar-refractivity contribution in [2.24, 2.45) is 5.92 Å². The molecule has 0 aromatic carbocycles. The molecular weight excluding hydrogens is 158 g/mol.